The molecule has 3 rings (SSSR count). The molecule has 0 atom stereocenters. The van der Waals surface area contributed by atoms with Crippen LogP contribution in [0.5, 0.6) is 5.75 Å². The number of methoxy groups -OCH3 is 1. The third-order valence-corrected chi connectivity index (χ3v) is 4.42. The first-order valence-electron chi connectivity index (χ1n) is 7.92. The van der Waals surface area contributed by atoms with Gasteiger partial charge in [-0.05, 0) is 44.2 Å². The predicted octanol–water partition coefficient (Wildman–Crippen LogP) is 2.05. The van der Waals surface area contributed by atoms with E-state index >= 15 is 0 Å². The van der Waals surface area contributed by atoms with Crippen LogP contribution in [0.3, 0.4) is 0 Å². The molecular weight excluding hydrogens is 290 g/mol. The van der Waals surface area contributed by atoms with E-state index in [-0.39, 0.29) is 5.91 Å². The number of aryl methyl sites for hydroxylation is 1. The number of rotatable bonds is 5. The molecule has 1 saturated heterocycles. The molecule has 0 bridgehead atoms. The first-order valence-corrected chi connectivity index (χ1v) is 7.92. The van der Waals surface area contributed by atoms with E-state index in [1.807, 2.05) is 44.2 Å². The van der Waals surface area contributed by atoms with Crippen LogP contribution in [0.4, 0.5) is 0 Å². The summed E-state index contributed by atoms with van der Waals surface area (Å²) in [5.74, 6) is 1.39. The number of nitrogens with zero attached hydrogens (tertiary/aromatic N) is 1. The summed E-state index contributed by atoms with van der Waals surface area (Å²) in [4.78, 5) is 12.4. The van der Waals surface area contributed by atoms with Crippen molar-refractivity contribution in [3.63, 3.8) is 0 Å². The summed E-state index contributed by atoms with van der Waals surface area (Å²) in [5, 5.41) is 6.25. The summed E-state index contributed by atoms with van der Waals surface area (Å²) < 4.78 is 7.30. The van der Waals surface area contributed by atoms with Gasteiger partial charge >= 0.3 is 0 Å². The number of carbonyl (C=O) groups is 1. The minimum Gasteiger partial charge on any atom is -0.497 e. The van der Waals surface area contributed by atoms with Crippen LogP contribution in [0.1, 0.15) is 21.7 Å². The second-order valence-electron chi connectivity index (χ2n) is 6.05. The van der Waals surface area contributed by atoms with E-state index in [2.05, 4.69) is 15.2 Å². The molecule has 2 N–H and O–H groups in total. The summed E-state index contributed by atoms with van der Waals surface area (Å²) in [5.41, 5.74) is 3.77. The molecule has 5 nitrogen and oxygen atoms in total. The molecule has 0 radical (unpaired) electrons. The highest BCUT2D eigenvalue weighted by Gasteiger charge is 2.20. The van der Waals surface area contributed by atoms with Crippen LogP contribution in [0.2, 0.25) is 0 Å². The molecule has 122 valence electrons. The first-order chi connectivity index (χ1) is 11.1. The lowest BCUT2D eigenvalue weighted by Gasteiger charge is -2.27. The third kappa shape index (κ3) is 3.10. The molecule has 1 amide bonds. The van der Waals surface area contributed by atoms with Crippen molar-refractivity contribution in [2.24, 2.45) is 5.92 Å². The van der Waals surface area contributed by atoms with Gasteiger partial charge in [0, 0.05) is 42.6 Å². The molecule has 1 aromatic heterocycles. The lowest BCUT2D eigenvalue weighted by molar-refractivity contribution is 0.0941. The van der Waals surface area contributed by atoms with Crippen LogP contribution in [-0.4, -0.2) is 37.2 Å². The molecule has 2 aromatic rings. The summed E-state index contributed by atoms with van der Waals surface area (Å²) in [6, 6.07) is 9.81. The van der Waals surface area contributed by atoms with Gasteiger partial charge in [0.05, 0.1) is 12.7 Å². The zero-order chi connectivity index (χ0) is 16.4. The molecule has 0 aliphatic carbocycles. The number of carbonyl (C=O) groups excluding carboxylic acids is 1. The van der Waals surface area contributed by atoms with Crippen LogP contribution in [0, 0.1) is 19.8 Å². The number of hydrogen-bond acceptors (Lipinski definition) is 3. The molecule has 1 fully saturated rings. The number of ether oxygens (including phenoxy) is 1. The Kier molecular flexibility index (Phi) is 4.39. The van der Waals surface area contributed by atoms with E-state index in [1.54, 1.807) is 7.11 Å². The average molecular weight is 313 g/mol. The zero-order valence-electron chi connectivity index (χ0n) is 13.8. The number of benzene rings is 1. The molecule has 1 aliphatic rings. The largest absolute Gasteiger partial charge is 0.497 e. The van der Waals surface area contributed by atoms with E-state index in [0.29, 0.717) is 5.92 Å². The van der Waals surface area contributed by atoms with Crippen LogP contribution < -0.4 is 15.4 Å². The van der Waals surface area contributed by atoms with Gasteiger partial charge in [0.25, 0.3) is 5.91 Å². The van der Waals surface area contributed by atoms with Gasteiger partial charge in [-0.1, -0.05) is 0 Å². The Balaban J connectivity index is 1.81. The maximum absolute atomic E-state index is 12.4. The van der Waals surface area contributed by atoms with Gasteiger partial charge in [0.15, 0.2) is 0 Å². The Bertz CT molecular complexity index is 700. The normalized spacial score (nSPS) is 14.4. The number of hydrogen-bond donors (Lipinski definition) is 2. The predicted molar refractivity (Wildman–Crippen MR) is 90.5 cm³/mol. The number of aromatic nitrogens is 1. The SMILES string of the molecule is COc1ccc(-n2c(C)cc(C(=O)NCC3CNC3)c2C)cc1. The Morgan fingerprint density at radius 2 is 2.00 bits per heavy atom. The van der Waals surface area contributed by atoms with Crippen LogP contribution >= 0.6 is 0 Å². The average Bonchev–Trinajstić information content (AvgIpc) is 2.81. The molecule has 23 heavy (non-hydrogen) atoms. The van der Waals surface area contributed by atoms with Gasteiger partial charge in [-0.25, -0.2) is 0 Å². The zero-order valence-corrected chi connectivity index (χ0v) is 13.8. The minimum atomic E-state index is 0.00441. The molecule has 1 aromatic carbocycles. The van der Waals surface area contributed by atoms with Crippen LogP contribution in [-0.2, 0) is 0 Å². The van der Waals surface area contributed by atoms with E-state index in [4.69, 9.17) is 4.74 Å². The van der Waals surface area contributed by atoms with E-state index in [9.17, 15) is 4.79 Å². The second kappa shape index (κ2) is 6.46. The van der Waals surface area contributed by atoms with Gasteiger partial charge in [-0.3, -0.25) is 4.79 Å². The molecule has 1 aliphatic heterocycles. The maximum Gasteiger partial charge on any atom is 0.253 e. The highest BCUT2D eigenvalue weighted by atomic mass is 16.5. The van der Waals surface area contributed by atoms with Crippen molar-refractivity contribution in [3.05, 3.63) is 47.3 Å². The van der Waals surface area contributed by atoms with E-state index < -0.39 is 0 Å². The summed E-state index contributed by atoms with van der Waals surface area (Å²) in [7, 11) is 1.65. The summed E-state index contributed by atoms with van der Waals surface area (Å²) in [6.07, 6.45) is 0. The standard InChI is InChI=1S/C18H23N3O2/c1-12-8-17(18(22)20-11-14-9-19-10-14)13(2)21(12)15-4-6-16(23-3)7-5-15/h4-8,14,19H,9-11H2,1-3H3,(H,20,22). The van der Waals surface area contributed by atoms with E-state index in [1.165, 1.54) is 0 Å². The van der Waals surface area contributed by atoms with Crippen molar-refractivity contribution >= 4 is 5.91 Å². The van der Waals surface area contributed by atoms with Gasteiger partial charge < -0.3 is 19.9 Å². The summed E-state index contributed by atoms with van der Waals surface area (Å²) >= 11 is 0. The fraction of sp³-hybridized carbons (Fsp3) is 0.389. The first kappa shape index (κ1) is 15.6. The topological polar surface area (TPSA) is 55.3 Å². The monoisotopic (exact) mass is 313 g/mol. The number of amides is 1. The van der Waals surface area contributed by atoms with Gasteiger partial charge in [0.2, 0.25) is 0 Å². The molecular formula is C18H23N3O2. The van der Waals surface area contributed by atoms with Gasteiger partial charge in [-0.2, -0.15) is 0 Å². The van der Waals surface area contributed by atoms with Crippen molar-refractivity contribution in [2.75, 3.05) is 26.7 Å². The Labute approximate surface area is 136 Å². The van der Waals surface area contributed by atoms with Crippen LogP contribution in [0.15, 0.2) is 30.3 Å². The quantitative estimate of drug-likeness (QED) is 0.888. The lowest BCUT2D eigenvalue weighted by Crippen LogP contribution is -2.48. The van der Waals surface area contributed by atoms with Crippen molar-refractivity contribution < 1.29 is 9.53 Å². The van der Waals surface area contributed by atoms with Gasteiger partial charge in [0.1, 0.15) is 5.75 Å². The molecule has 5 heteroatoms. The highest BCUT2D eigenvalue weighted by Crippen LogP contribution is 2.22. The van der Waals surface area contributed by atoms with Crippen LogP contribution in [0.25, 0.3) is 5.69 Å². The number of nitrogens with one attached hydrogen (secondary N) is 2. The van der Waals surface area contributed by atoms with Crippen molar-refractivity contribution in [1.82, 2.24) is 15.2 Å². The van der Waals surface area contributed by atoms with Crippen molar-refractivity contribution in [1.29, 1.82) is 0 Å². The fourth-order valence-corrected chi connectivity index (χ4v) is 2.95. The van der Waals surface area contributed by atoms with Crippen molar-refractivity contribution in [2.45, 2.75) is 13.8 Å². The smallest absolute Gasteiger partial charge is 0.253 e. The third-order valence-electron chi connectivity index (χ3n) is 4.42. The molecule has 0 unspecified atom stereocenters. The lowest BCUT2D eigenvalue weighted by atomic mass is 10.0. The summed E-state index contributed by atoms with van der Waals surface area (Å²) in [6.45, 7) is 6.72. The Hall–Kier alpha value is -2.27. The molecule has 0 spiro atoms. The Morgan fingerprint density at radius 3 is 2.57 bits per heavy atom. The fourth-order valence-electron chi connectivity index (χ4n) is 2.95. The minimum absolute atomic E-state index is 0.00441. The Morgan fingerprint density at radius 1 is 1.30 bits per heavy atom. The van der Waals surface area contributed by atoms with Gasteiger partial charge in [-0.15, -0.1) is 0 Å². The molecule has 2 heterocycles. The highest BCUT2D eigenvalue weighted by molar-refractivity contribution is 5.95. The second-order valence-corrected chi connectivity index (χ2v) is 6.05. The van der Waals surface area contributed by atoms with Crippen molar-refractivity contribution in [3.8, 4) is 11.4 Å². The maximum atomic E-state index is 12.4. The van der Waals surface area contributed by atoms with E-state index in [0.717, 1.165) is 48.0 Å². The molecule has 0 saturated carbocycles.